The van der Waals surface area contributed by atoms with Crippen molar-refractivity contribution >= 4 is 49.2 Å². The molecule has 0 saturated heterocycles. The van der Waals surface area contributed by atoms with Gasteiger partial charge < -0.3 is 0 Å². The second-order valence-electron chi connectivity index (χ2n) is 3.68. The molecule has 6 heteroatoms. The van der Waals surface area contributed by atoms with Gasteiger partial charge in [-0.15, -0.1) is 0 Å². The number of hydrogen-bond acceptors (Lipinski definition) is 1. The fourth-order valence-corrected chi connectivity index (χ4v) is 2.32. The molecule has 1 nitrogen and oxygen atoms in total. The molecule has 0 fully saturated rings. The third kappa shape index (κ3) is 2.88. The van der Waals surface area contributed by atoms with Crippen molar-refractivity contribution in [2.24, 2.45) is 0 Å². The van der Waals surface area contributed by atoms with Crippen LogP contribution in [0.4, 0.5) is 8.78 Å². The predicted molar refractivity (Wildman–Crippen MR) is 76.6 cm³/mol. The van der Waals surface area contributed by atoms with Crippen molar-refractivity contribution in [3.05, 3.63) is 67.1 Å². The summed E-state index contributed by atoms with van der Waals surface area (Å²) in [6, 6.07) is 6.64. The van der Waals surface area contributed by atoms with Gasteiger partial charge in [-0.25, -0.2) is 8.78 Å². The van der Waals surface area contributed by atoms with E-state index < -0.39 is 17.4 Å². The van der Waals surface area contributed by atoms with Crippen LogP contribution in [0, 0.1) is 11.6 Å². The topological polar surface area (TPSA) is 17.1 Å². The summed E-state index contributed by atoms with van der Waals surface area (Å²) >= 11 is 11.8. The Morgan fingerprint density at radius 1 is 1.05 bits per heavy atom. The number of rotatable bonds is 2. The number of carbonyl (C=O) groups excluding carboxylic acids is 1. The lowest BCUT2D eigenvalue weighted by molar-refractivity contribution is 0.103. The largest absolute Gasteiger partial charge is 0.288 e. The summed E-state index contributed by atoms with van der Waals surface area (Å²) in [5, 5.41) is -0.205. The van der Waals surface area contributed by atoms with Gasteiger partial charge in [0.2, 0.25) is 0 Å². The highest BCUT2D eigenvalue weighted by atomic mass is 79.9. The lowest BCUT2D eigenvalue weighted by atomic mass is 10.0. The van der Waals surface area contributed by atoms with E-state index in [-0.39, 0.29) is 16.1 Å². The first kappa shape index (κ1) is 14.6. The number of halogens is 5. The zero-order valence-corrected chi connectivity index (χ0v) is 13.1. The summed E-state index contributed by atoms with van der Waals surface area (Å²) < 4.78 is 28.4. The summed E-state index contributed by atoms with van der Waals surface area (Å²) in [6.45, 7) is 0. The molecule has 0 spiro atoms. The fraction of sp³-hybridized carbons (Fsp3) is 0. The predicted octanol–water partition coefficient (Wildman–Crippen LogP) is 5.37. The molecule has 2 aromatic carbocycles. The van der Waals surface area contributed by atoms with Gasteiger partial charge in [0.05, 0.1) is 16.1 Å². The molecule has 0 aliphatic rings. The molecule has 0 heterocycles. The molecule has 0 aromatic heterocycles. The number of hydrogen-bond donors (Lipinski definition) is 0. The summed E-state index contributed by atoms with van der Waals surface area (Å²) in [5.74, 6) is -2.35. The summed E-state index contributed by atoms with van der Waals surface area (Å²) in [6.07, 6.45) is 0. The molecule has 0 bridgehead atoms. The van der Waals surface area contributed by atoms with Crippen molar-refractivity contribution in [2.75, 3.05) is 0 Å². The van der Waals surface area contributed by atoms with Gasteiger partial charge in [0.1, 0.15) is 5.82 Å². The average molecular weight is 410 g/mol. The minimum Gasteiger partial charge on any atom is -0.288 e. The van der Waals surface area contributed by atoms with Gasteiger partial charge in [-0.3, -0.25) is 4.79 Å². The molecule has 0 atom stereocenters. The highest BCUT2D eigenvalue weighted by Gasteiger charge is 2.20. The average Bonchev–Trinajstić information content (AvgIpc) is 2.35. The molecular formula is C13H5Br2ClF2O. The molecule has 0 saturated carbocycles. The van der Waals surface area contributed by atoms with Crippen molar-refractivity contribution < 1.29 is 13.6 Å². The minimum absolute atomic E-state index is 0.205. The summed E-state index contributed by atoms with van der Waals surface area (Å²) in [5.41, 5.74) is -0.477. The maximum Gasteiger partial charge on any atom is 0.198 e. The zero-order chi connectivity index (χ0) is 14.2. The Morgan fingerprint density at radius 3 is 2.32 bits per heavy atom. The molecule has 2 rings (SSSR count). The number of benzene rings is 2. The first-order valence-electron chi connectivity index (χ1n) is 5.05. The third-order valence-corrected chi connectivity index (χ3v) is 4.21. The molecule has 0 aliphatic heterocycles. The zero-order valence-electron chi connectivity index (χ0n) is 9.18. The van der Waals surface area contributed by atoms with Gasteiger partial charge >= 0.3 is 0 Å². The number of carbonyl (C=O) groups is 1. The summed E-state index contributed by atoms with van der Waals surface area (Å²) in [7, 11) is 0. The van der Waals surface area contributed by atoms with Crippen molar-refractivity contribution in [2.45, 2.75) is 0 Å². The molecule has 19 heavy (non-hydrogen) atoms. The lowest BCUT2D eigenvalue weighted by Gasteiger charge is -2.06. The van der Waals surface area contributed by atoms with Crippen LogP contribution in [0.1, 0.15) is 15.9 Å². The van der Waals surface area contributed by atoms with E-state index in [0.717, 1.165) is 6.07 Å². The molecule has 0 unspecified atom stereocenters. The van der Waals surface area contributed by atoms with Gasteiger partial charge in [0, 0.05) is 8.95 Å². The fourth-order valence-electron chi connectivity index (χ4n) is 1.52. The smallest absolute Gasteiger partial charge is 0.198 e. The Labute approximate surface area is 129 Å². The maximum atomic E-state index is 13.9. The maximum absolute atomic E-state index is 13.9. The van der Waals surface area contributed by atoms with Crippen molar-refractivity contribution in [3.8, 4) is 0 Å². The van der Waals surface area contributed by atoms with E-state index in [9.17, 15) is 13.6 Å². The molecule has 0 amide bonds. The minimum atomic E-state index is -0.872. The second kappa shape index (κ2) is 5.69. The Kier molecular flexibility index (Phi) is 4.38. The number of ketones is 1. The van der Waals surface area contributed by atoms with Gasteiger partial charge in [-0.05, 0) is 46.3 Å². The SMILES string of the molecule is O=C(c1ccc(Br)cc1F)c1ccc(Br)c(Cl)c1F. The summed E-state index contributed by atoms with van der Waals surface area (Å²) in [4.78, 5) is 12.1. The van der Waals surface area contributed by atoms with Gasteiger partial charge in [0.15, 0.2) is 11.6 Å². The molecule has 98 valence electrons. The van der Waals surface area contributed by atoms with Crippen molar-refractivity contribution in [1.29, 1.82) is 0 Å². The van der Waals surface area contributed by atoms with Crippen LogP contribution in [0.15, 0.2) is 39.3 Å². The van der Waals surface area contributed by atoms with E-state index >= 15 is 0 Å². The van der Waals surface area contributed by atoms with E-state index in [0.29, 0.717) is 8.95 Å². The highest BCUT2D eigenvalue weighted by Crippen LogP contribution is 2.29. The van der Waals surface area contributed by atoms with E-state index in [4.69, 9.17) is 11.6 Å². The Morgan fingerprint density at radius 2 is 1.68 bits per heavy atom. The highest BCUT2D eigenvalue weighted by molar-refractivity contribution is 9.10. The van der Waals surface area contributed by atoms with Crippen molar-refractivity contribution in [1.82, 2.24) is 0 Å². The van der Waals surface area contributed by atoms with Gasteiger partial charge in [-0.1, -0.05) is 27.5 Å². The Bertz CT molecular complexity index is 674. The first-order valence-corrected chi connectivity index (χ1v) is 7.01. The van der Waals surface area contributed by atoms with Gasteiger partial charge in [0.25, 0.3) is 0 Å². The van der Waals surface area contributed by atoms with Crippen LogP contribution < -0.4 is 0 Å². The lowest BCUT2D eigenvalue weighted by Crippen LogP contribution is -2.07. The Balaban J connectivity index is 2.53. The normalized spacial score (nSPS) is 10.6. The third-order valence-electron chi connectivity index (χ3n) is 2.46. The standard InChI is InChI=1S/C13H5Br2ClF2O/c14-6-1-2-7(10(17)5-6)13(19)8-3-4-9(15)11(16)12(8)18/h1-5H. The van der Waals surface area contributed by atoms with E-state index in [1.54, 1.807) is 0 Å². The molecule has 0 N–H and O–H groups in total. The van der Waals surface area contributed by atoms with Gasteiger partial charge in [-0.2, -0.15) is 0 Å². The molecular weight excluding hydrogens is 405 g/mol. The van der Waals surface area contributed by atoms with Crippen LogP contribution >= 0.6 is 43.5 Å². The van der Waals surface area contributed by atoms with Crippen LogP contribution in [-0.2, 0) is 0 Å². The monoisotopic (exact) mass is 408 g/mol. The van der Waals surface area contributed by atoms with Crippen LogP contribution in [0.25, 0.3) is 0 Å². The molecule has 0 radical (unpaired) electrons. The van der Waals surface area contributed by atoms with Crippen LogP contribution in [0.2, 0.25) is 5.02 Å². The molecule has 0 aliphatic carbocycles. The van der Waals surface area contributed by atoms with E-state index in [2.05, 4.69) is 31.9 Å². The van der Waals surface area contributed by atoms with E-state index in [1.165, 1.54) is 24.3 Å². The van der Waals surface area contributed by atoms with Crippen LogP contribution in [0.5, 0.6) is 0 Å². The quantitative estimate of drug-likeness (QED) is 0.480. The molecule has 2 aromatic rings. The van der Waals surface area contributed by atoms with Crippen LogP contribution in [0.3, 0.4) is 0 Å². The second-order valence-corrected chi connectivity index (χ2v) is 5.82. The van der Waals surface area contributed by atoms with E-state index in [1.807, 2.05) is 0 Å². The van der Waals surface area contributed by atoms with Crippen molar-refractivity contribution in [3.63, 3.8) is 0 Å². The first-order chi connectivity index (χ1) is 8.91. The van der Waals surface area contributed by atoms with Crippen LogP contribution in [-0.4, -0.2) is 5.78 Å². The Hall–Kier alpha value is -0.780.